The van der Waals surface area contributed by atoms with Crippen LogP contribution in [-0.2, 0) is 11.8 Å². The molecule has 3 aromatic heterocycles. The molecule has 2 atom stereocenters. The largest absolute Gasteiger partial charge is 0.381 e. The van der Waals surface area contributed by atoms with E-state index >= 15 is 0 Å². The number of H-pyrrole nitrogens is 1. The van der Waals surface area contributed by atoms with Crippen molar-refractivity contribution in [3.63, 3.8) is 0 Å². The first-order valence-electron chi connectivity index (χ1n) is 13.4. The van der Waals surface area contributed by atoms with Crippen molar-refractivity contribution in [2.75, 3.05) is 39.2 Å². The van der Waals surface area contributed by atoms with Crippen LogP contribution in [0.25, 0.3) is 33.1 Å². The van der Waals surface area contributed by atoms with Crippen LogP contribution >= 0.6 is 0 Å². The van der Waals surface area contributed by atoms with Gasteiger partial charge in [0.05, 0.1) is 28.3 Å². The number of aromatic amines is 1. The van der Waals surface area contributed by atoms with Gasteiger partial charge in [0.1, 0.15) is 5.82 Å². The lowest BCUT2D eigenvalue weighted by molar-refractivity contribution is 0.108. The summed E-state index contributed by atoms with van der Waals surface area (Å²) < 4.78 is 7.32. The van der Waals surface area contributed by atoms with Crippen molar-refractivity contribution in [2.24, 2.45) is 7.05 Å². The van der Waals surface area contributed by atoms with Crippen LogP contribution < -0.4 is 10.6 Å². The van der Waals surface area contributed by atoms with Crippen molar-refractivity contribution in [1.82, 2.24) is 24.4 Å². The van der Waals surface area contributed by atoms with Gasteiger partial charge >= 0.3 is 5.69 Å². The molecule has 8 heteroatoms. The fourth-order valence-corrected chi connectivity index (χ4v) is 6.25. The highest BCUT2D eigenvalue weighted by atomic mass is 16.5. The van der Waals surface area contributed by atoms with E-state index in [1.807, 2.05) is 13.2 Å². The van der Waals surface area contributed by atoms with E-state index in [0.29, 0.717) is 6.04 Å². The topological polar surface area (TPSA) is 79.3 Å². The van der Waals surface area contributed by atoms with Crippen LogP contribution in [0.2, 0.25) is 0 Å². The average Bonchev–Trinajstić information content (AvgIpc) is 3.53. The highest BCUT2D eigenvalue weighted by Crippen LogP contribution is 2.39. The molecule has 1 saturated carbocycles. The summed E-state index contributed by atoms with van der Waals surface area (Å²) in [6.45, 7) is 2.06. The zero-order valence-electron chi connectivity index (χ0n) is 22.2. The molecule has 1 saturated heterocycles. The Morgan fingerprint density at radius 1 is 1.05 bits per heavy atom. The summed E-state index contributed by atoms with van der Waals surface area (Å²) in [4.78, 5) is 30.4. The van der Waals surface area contributed by atoms with Crippen LogP contribution in [0, 0.1) is 0 Å². The standard InChI is InChI=1S/C29H36N6O2/c1-33(2)21-11-13-35(14-12-21)25-10-7-20(17-30-25)18-6-9-24-23(16-18)27-28(34(3)29(36)32-27)26(31-24)19-5-8-22(15-19)37-4/h6-7,9-10,16-17,19,21-22H,5,8,11-15H2,1-4H3,(H,32,36)/t19-,22-/m1/s1. The third-order valence-corrected chi connectivity index (χ3v) is 8.56. The number of nitrogens with one attached hydrogen (secondary N) is 1. The van der Waals surface area contributed by atoms with Crippen LogP contribution in [0.3, 0.4) is 0 Å². The second-order valence-electron chi connectivity index (χ2n) is 10.9. The molecular weight excluding hydrogens is 464 g/mol. The van der Waals surface area contributed by atoms with Crippen molar-refractivity contribution in [3.05, 3.63) is 52.7 Å². The van der Waals surface area contributed by atoms with Gasteiger partial charge in [-0.2, -0.15) is 0 Å². The minimum absolute atomic E-state index is 0.110. The molecule has 4 aromatic rings. The van der Waals surface area contributed by atoms with Gasteiger partial charge in [-0.05, 0) is 76.0 Å². The SMILES string of the molecule is CO[C@@H]1CC[C@@H](c2nc3ccc(-c4ccc(N5CCC(N(C)C)CC5)nc4)cc3c3[nH]c(=O)n(C)c23)C1. The summed E-state index contributed by atoms with van der Waals surface area (Å²) in [5, 5.41) is 0.963. The minimum Gasteiger partial charge on any atom is -0.381 e. The number of fused-ring (bicyclic) bond motifs is 3. The number of methoxy groups -OCH3 is 1. The second-order valence-corrected chi connectivity index (χ2v) is 10.9. The molecule has 194 valence electrons. The molecule has 37 heavy (non-hydrogen) atoms. The maximum atomic E-state index is 12.7. The van der Waals surface area contributed by atoms with Gasteiger partial charge in [0, 0.05) is 56.4 Å². The Morgan fingerprint density at radius 3 is 2.51 bits per heavy atom. The van der Waals surface area contributed by atoms with Crippen molar-refractivity contribution in [1.29, 1.82) is 0 Å². The third-order valence-electron chi connectivity index (χ3n) is 8.56. The van der Waals surface area contributed by atoms with Gasteiger partial charge in [-0.15, -0.1) is 0 Å². The summed E-state index contributed by atoms with van der Waals surface area (Å²) >= 11 is 0. The van der Waals surface area contributed by atoms with Crippen molar-refractivity contribution in [2.45, 2.75) is 50.2 Å². The van der Waals surface area contributed by atoms with E-state index in [4.69, 9.17) is 14.7 Å². The van der Waals surface area contributed by atoms with E-state index in [-0.39, 0.29) is 17.7 Å². The molecule has 2 aliphatic rings. The van der Waals surface area contributed by atoms with Gasteiger partial charge in [0.25, 0.3) is 0 Å². The van der Waals surface area contributed by atoms with Crippen LogP contribution in [0.1, 0.15) is 43.7 Å². The van der Waals surface area contributed by atoms with Gasteiger partial charge in [-0.25, -0.2) is 9.78 Å². The molecule has 0 spiro atoms. The van der Waals surface area contributed by atoms with E-state index in [1.54, 1.807) is 11.7 Å². The first-order chi connectivity index (χ1) is 17.9. The number of aryl methyl sites for hydroxylation is 1. The molecule has 2 fully saturated rings. The number of benzene rings is 1. The average molecular weight is 501 g/mol. The Morgan fingerprint density at radius 2 is 1.84 bits per heavy atom. The lowest BCUT2D eigenvalue weighted by Gasteiger charge is -2.35. The molecule has 0 amide bonds. The van der Waals surface area contributed by atoms with Crippen LogP contribution in [-0.4, -0.2) is 70.9 Å². The molecule has 1 aromatic carbocycles. The van der Waals surface area contributed by atoms with Gasteiger partial charge in [0.15, 0.2) is 0 Å². The van der Waals surface area contributed by atoms with E-state index in [9.17, 15) is 4.79 Å². The van der Waals surface area contributed by atoms with Gasteiger partial charge in [-0.1, -0.05) is 6.07 Å². The van der Waals surface area contributed by atoms with Gasteiger partial charge in [0.2, 0.25) is 0 Å². The van der Waals surface area contributed by atoms with Gasteiger partial charge in [-0.3, -0.25) is 9.55 Å². The predicted octanol–water partition coefficient (Wildman–Crippen LogP) is 4.29. The Labute approximate surface area is 217 Å². The molecule has 0 unspecified atom stereocenters. The molecule has 8 nitrogen and oxygen atoms in total. The molecule has 0 bridgehead atoms. The Hall–Kier alpha value is -3.23. The molecule has 1 aliphatic heterocycles. The Balaban J connectivity index is 1.33. The Kier molecular flexibility index (Phi) is 6.24. The summed E-state index contributed by atoms with van der Waals surface area (Å²) in [6.07, 6.45) is 7.52. The Bertz CT molecular complexity index is 1480. The number of pyridine rings is 2. The highest BCUT2D eigenvalue weighted by Gasteiger charge is 2.30. The number of imidazole rings is 1. The third kappa shape index (κ3) is 4.32. The van der Waals surface area contributed by atoms with E-state index in [2.05, 4.69) is 59.2 Å². The molecule has 6 rings (SSSR count). The first kappa shape index (κ1) is 24.1. The van der Waals surface area contributed by atoms with E-state index in [1.165, 1.54) is 0 Å². The fourth-order valence-electron chi connectivity index (χ4n) is 6.25. The number of piperidine rings is 1. The summed E-state index contributed by atoms with van der Waals surface area (Å²) in [5.41, 5.74) is 5.69. The van der Waals surface area contributed by atoms with E-state index < -0.39 is 0 Å². The van der Waals surface area contributed by atoms with Crippen molar-refractivity contribution < 1.29 is 4.74 Å². The number of rotatable bonds is 5. The lowest BCUT2D eigenvalue weighted by atomic mass is 9.98. The fraction of sp³-hybridized carbons (Fsp3) is 0.483. The number of ether oxygens (including phenoxy) is 1. The second kappa shape index (κ2) is 9.58. The predicted molar refractivity (Wildman–Crippen MR) is 148 cm³/mol. The maximum Gasteiger partial charge on any atom is 0.326 e. The van der Waals surface area contributed by atoms with Crippen LogP contribution in [0.4, 0.5) is 5.82 Å². The number of hydrogen-bond acceptors (Lipinski definition) is 6. The molecule has 1 N–H and O–H groups in total. The molecule has 4 heterocycles. The zero-order chi connectivity index (χ0) is 25.7. The number of nitrogens with zero attached hydrogens (tertiary/aromatic N) is 5. The van der Waals surface area contributed by atoms with Crippen molar-refractivity contribution in [3.8, 4) is 11.1 Å². The molecule has 1 aliphatic carbocycles. The summed E-state index contributed by atoms with van der Waals surface area (Å²) in [7, 11) is 7.93. The molecule has 0 radical (unpaired) electrons. The monoisotopic (exact) mass is 500 g/mol. The quantitative estimate of drug-likeness (QED) is 0.440. The minimum atomic E-state index is -0.110. The number of hydrogen-bond donors (Lipinski definition) is 1. The molecular formula is C29H36N6O2. The van der Waals surface area contributed by atoms with Gasteiger partial charge < -0.3 is 19.5 Å². The van der Waals surface area contributed by atoms with E-state index in [0.717, 1.165) is 89.8 Å². The summed E-state index contributed by atoms with van der Waals surface area (Å²) in [5.74, 6) is 1.33. The number of aromatic nitrogens is 4. The van der Waals surface area contributed by atoms with Crippen LogP contribution in [0.5, 0.6) is 0 Å². The first-order valence-corrected chi connectivity index (χ1v) is 13.4. The van der Waals surface area contributed by atoms with Crippen molar-refractivity contribution >= 4 is 27.8 Å². The summed E-state index contributed by atoms with van der Waals surface area (Å²) in [6, 6.07) is 11.2. The smallest absolute Gasteiger partial charge is 0.326 e. The lowest BCUT2D eigenvalue weighted by Crippen LogP contribution is -2.42. The zero-order valence-corrected chi connectivity index (χ0v) is 22.2. The normalized spacial score (nSPS) is 21.1. The highest BCUT2D eigenvalue weighted by molar-refractivity contribution is 6.04. The maximum absolute atomic E-state index is 12.7. The number of anilines is 1. The van der Waals surface area contributed by atoms with Crippen LogP contribution in [0.15, 0.2) is 41.3 Å².